The minimum atomic E-state index is -1.10. The fraction of sp³-hybridized carbons (Fsp3) is 0.625. The third kappa shape index (κ3) is 5.30. The minimum absolute atomic E-state index is 0.0677. The molecule has 2 fully saturated rings. The molecule has 1 aliphatic carbocycles. The van der Waals surface area contributed by atoms with E-state index in [1.807, 2.05) is 20.8 Å². The minimum Gasteiger partial charge on any atom is -0.477 e. The van der Waals surface area contributed by atoms with Gasteiger partial charge >= 0.3 is 5.97 Å². The summed E-state index contributed by atoms with van der Waals surface area (Å²) in [5.41, 5.74) is 0.0828. The summed E-state index contributed by atoms with van der Waals surface area (Å²) in [6.45, 7) is 8.70. The van der Waals surface area contributed by atoms with Gasteiger partial charge in [0.1, 0.15) is 10.9 Å². The SMILES string of the molecule is CN1CC[C@H](N(c2cc(C#CC(C)(C)C)sc2C(=O)O)C(=O)[C@H]2CC[C@H](C)CC2)C1=O. The lowest BCUT2D eigenvalue weighted by atomic mass is 9.82. The van der Waals surface area contributed by atoms with Crippen LogP contribution >= 0.6 is 11.3 Å². The Morgan fingerprint density at radius 3 is 2.35 bits per heavy atom. The third-order valence-electron chi connectivity index (χ3n) is 6.04. The van der Waals surface area contributed by atoms with Crippen LogP contribution in [0.2, 0.25) is 0 Å². The number of carboxylic acids is 1. The van der Waals surface area contributed by atoms with E-state index >= 15 is 0 Å². The molecule has 1 aromatic rings. The maximum atomic E-state index is 13.7. The Kier molecular flexibility index (Phi) is 6.80. The number of thiophene rings is 1. The summed E-state index contributed by atoms with van der Waals surface area (Å²) in [5.74, 6) is 5.24. The molecule has 2 aliphatic rings. The van der Waals surface area contributed by atoms with Crippen LogP contribution in [-0.2, 0) is 9.59 Å². The molecule has 7 heteroatoms. The molecule has 0 bridgehead atoms. The summed E-state index contributed by atoms with van der Waals surface area (Å²) >= 11 is 1.07. The quantitative estimate of drug-likeness (QED) is 0.705. The average Bonchev–Trinajstić information content (AvgIpc) is 3.26. The summed E-state index contributed by atoms with van der Waals surface area (Å²) in [7, 11) is 1.72. The van der Waals surface area contributed by atoms with Crippen LogP contribution in [0.1, 0.15) is 74.3 Å². The first-order valence-corrected chi connectivity index (χ1v) is 11.8. The average molecular weight is 445 g/mol. The Hall–Kier alpha value is -2.33. The van der Waals surface area contributed by atoms with Gasteiger partial charge in [-0.15, -0.1) is 11.3 Å². The summed E-state index contributed by atoms with van der Waals surface area (Å²) in [4.78, 5) is 42.4. The number of carbonyl (C=O) groups excluding carboxylic acids is 2. The van der Waals surface area contributed by atoms with Crippen LogP contribution in [0.3, 0.4) is 0 Å². The number of hydrogen-bond donors (Lipinski definition) is 1. The van der Waals surface area contributed by atoms with Crippen molar-refractivity contribution in [1.29, 1.82) is 0 Å². The second kappa shape index (κ2) is 9.04. The van der Waals surface area contributed by atoms with E-state index in [2.05, 4.69) is 18.8 Å². The van der Waals surface area contributed by atoms with Crippen molar-refractivity contribution in [2.75, 3.05) is 18.5 Å². The number of nitrogens with zero attached hydrogens (tertiary/aromatic N) is 2. The number of rotatable bonds is 4. The molecule has 1 N–H and O–H groups in total. The van der Waals surface area contributed by atoms with Crippen molar-refractivity contribution in [2.45, 2.75) is 65.8 Å². The van der Waals surface area contributed by atoms with Gasteiger partial charge in [0, 0.05) is 24.9 Å². The molecule has 0 radical (unpaired) electrons. The summed E-state index contributed by atoms with van der Waals surface area (Å²) in [6, 6.07) is 1.02. The smallest absolute Gasteiger partial charge is 0.348 e. The van der Waals surface area contributed by atoms with Crippen LogP contribution in [0.25, 0.3) is 0 Å². The van der Waals surface area contributed by atoms with E-state index in [9.17, 15) is 19.5 Å². The topological polar surface area (TPSA) is 77.9 Å². The highest BCUT2D eigenvalue weighted by molar-refractivity contribution is 7.15. The van der Waals surface area contributed by atoms with Crippen LogP contribution < -0.4 is 4.90 Å². The fourth-order valence-corrected chi connectivity index (χ4v) is 5.05. The predicted molar refractivity (Wildman–Crippen MR) is 122 cm³/mol. The Morgan fingerprint density at radius 2 is 1.84 bits per heavy atom. The third-order valence-corrected chi connectivity index (χ3v) is 7.07. The van der Waals surface area contributed by atoms with Crippen molar-refractivity contribution in [3.05, 3.63) is 15.8 Å². The second-order valence-corrected chi connectivity index (χ2v) is 10.9. The lowest BCUT2D eigenvalue weighted by molar-refractivity contribution is -0.131. The molecule has 3 rings (SSSR count). The van der Waals surface area contributed by atoms with Crippen LogP contribution in [0.4, 0.5) is 5.69 Å². The number of hydrogen-bond acceptors (Lipinski definition) is 4. The van der Waals surface area contributed by atoms with E-state index in [4.69, 9.17) is 0 Å². The van der Waals surface area contributed by atoms with Crippen molar-refractivity contribution in [2.24, 2.45) is 17.3 Å². The lowest BCUT2D eigenvalue weighted by Gasteiger charge is -2.33. The Morgan fingerprint density at radius 1 is 1.19 bits per heavy atom. The Bertz CT molecular complexity index is 926. The van der Waals surface area contributed by atoms with Gasteiger partial charge in [0.2, 0.25) is 11.8 Å². The van der Waals surface area contributed by atoms with Gasteiger partial charge in [-0.1, -0.05) is 18.8 Å². The van der Waals surface area contributed by atoms with Crippen LogP contribution in [0.5, 0.6) is 0 Å². The van der Waals surface area contributed by atoms with E-state index in [1.165, 1.54) is 4.90 Å². The monoisotopic (exact) mass is 444 g/mol. The maximum Gasteiger partial charge on any atom is 0.348 e. The zero-order valence-corrected chi connectivity index (χ0v) is 19.8. The highest BCUT2D eigenvalue weighted by atomic mass is 32.1. The van der Waals surface area contributed by atoms with Crippen molar-refractivity contribution >= 4 is 34.8 Å². The zero-order chi connectivity index (χ0) is 22.9. The number of likely N-dealkylation sites (N-methyl/N-ethyl adjacent to an activating group) is 1. The number of likely N-dealkylation sites (tertiary alicyclic amines) is 1. The lowest BCUT2D eigenvalue weighted by Crippen LogP contribution is -2.48. The summed E-state index contributed by atoms with van der Waals surface area (Å²) in [6.07, 6.45) is 4.00. The molecule has 1 aliphatic heterocycles. The Labute approximate surface area is 188 Å². The molecule has 2 heterocycles. The molecular weight excluding hydrogens is 412 g/mol. The summed E-state index contributed by atoms with van der Waals surface area (Å²) < 4.78 is 0. The van der Waals surface area contributed by atoms with E-state index in [0.717, 1.165) is 37.0 Å². The molecule has 168 valence electrons. The molecule has 2 amide bonds. The van der Waals surface area contributed by atoms with Crippen LogP contribution in [0, 0.1) is 29.1 Å². The van der Waals surface area contributed by atoms with Gasteiger partial charge in [0.05, 0.1) is 10.6 Å². The number of amides is 2. The van der Waals surface area contributed by atoms with E-state index in [1.54, 1.807) is 18.0 Å². The standard InChI is InChI=1S/C24H32N2O4S/c1-15-6-8-16(9-7-15)21(27)26(18-11-13-25(5)22(18)28)19-14-17(10-12-24(2,3)4)31-20(19)23(29)30/h14-16,18H,6-9,11,13H2,1-5H3,(H,29,30)/t15-,16-,18-/m0/s1. The van der Waals surface area contributed by atoms with Gasteiger partial charge in [0.15, 0.2) is 0 Å². The van der Waals surface area contributed by atoms with E-state index in [-0.39, 0.29) is 28.0 Å². The first kappa shape index (κ1) is 23.3. The van der Waals surface area contributed by atoms with Gasteiger partial charge < -0.3 is 10.0 Å². The molecule has 0 unspecified atom stereocenters. The molecule has 1 atom stereocenters. The molecule has 1 saturated carbocycles. The van der Waals surface area contributed by atoms with Crippen molar-refractivity contribution in [3.8, 4) is 11.8 Å². The van der Waals surface area contributed by atoms with Crippen LogP contribution in [-0.4, -0.2) is 47.4 Å². The molecular formula is C24H32N2O4S. The number of carbonyl (C=O) groups is 3. The number of carboxylic acid groups (broad SMARTS) is 1. The summed E-state index contributed by atoms with van der Waals surface area (Å²) in [5, 5.41) is 9.87. The van der Waals surface area contributed by atoms with Gasteiger partial charge in [-0.2, -0.15) is 0 Å². The zero-order valence-electron chi connectivity index (χ0n) is 19.0. The van der Waals surface area contributed by atoms with Gasteiger partial charge in [-0.05, 0) is 64.9 Å². The molecule has 6 nitrogen and oxygen atoms in total. The molecule has 1 saturated heterocycles. The highest BCUT2D eigenvalue weighted by Gasteiger charge is 2.42. The van der Waals surface area contributed by atoms with Gasteiger partial charge in [0.25, 0.3) is 0 Å². The molecule has 0 spiro atoms. The van der Waals surface area contributed by atoms with Crippen molar-refractivity contribution in [1.82, 2.24) is 4.90 Å². The maximum absolute atomic E-state index is 13.7. The number of anilines is 1. The number of aromatic carboxylic acids is 1. The predicted octanol–water partition coefficient (Wildman–Crippen LogP) is 4.23. The van der Waals surface area contributed by atoms with E-state index in [0.29, 0.717) is 29.4 Å². The van der Waals surface area contributed by atoms with Crippen molar-refractivity contribution in [3.63, 3.8) is 0 Å². The van der Waals surface area contributed by atoms with E-state index < -0.39 is 12.0 Å². The Balaban J connectivity index is 2.05. The van der Waals surface area contributed by atoms with Crippen LogP contribution in [0.15, 0.2) is 6.07 Å². The fourth-order valence-electron chi connectivity index (χ4n) is 4.21. The highest BCUT2D eigenvalue weighted by Crippen LogP contribution is 2.37. The molecule has 0 aromatic carbocycles. The van der Waals surface area contributed by atoms with Gasteiger partial charge in [-0.3, -0.25) is 14.5 Å². The molecule has 31 heavy (non-hydrogen) atoms. The molecule has 1 aromatic heterocycles. The normalized spacial score (nSPS) is 24.0. The van der Waals surface area contributed by atoms with Crippen molar-refractivity contribution < 1.29 is 19.5 Å². The van der Waals surface area contributed by atoms with Gasteiger partial charge in [-0.25, -0.2) is 4.79 Å². The second-order valence-electron chi connectivity index (χ2n) is 9.86. The largest absolute Gasteiger partial charge is 0.477 e. The first-order chi connectivity index (χ1) is 14.5. The first-order valence-electron chi connectivity index (χ1n) is 11.0.